The molecule has 98 valence electrons. The van der Waals surface area contributed by atoms with Crippen LogP contribution in [0.15, 0.2) is 35.6 Å². The third-order valence-corrected chi connectivity index (χ3v) is 3.67. The second kappa shape index (κ2) is 6.41. The summed E-state index contributed by atoms with van der Waals surface area (Å²) in [5.74, 6) is 2.76. The van der Waals surface area contributed by atoms with E-state index in [1.54, 1.807) is 29.0 Å². The minimum atomic E-state index is -0.229. The molecule has 0 amide bonds. The smallest absolute Gasteiger partial charge is 0.169 e. The molecule has 2 rings (SSSR count). The summed E-state index contributed by atoms with van der Waals surface area (Å²) in [6.45, 7) is 0.227. The monoisotopic (exact) mass is 276 g/mol. The number of hydrogen-bond donors (Lipinski definition) is 1. The van der Waals surface area contributed by atoms with Crippen LogP contribution in [0.4, 0.5) is 4.39 Å². The summed E-state index contributed by atoms with van der Waals surface area (Å²) in [7, 11) is 0. The molecule has 0 aliphatic carbocycles. The third-order valence-electron chi connectivity index (χ3n) is 2.63. The van der Waals surface area contributed by atoms with Gasteiger partial charge < -0.3 is 9.67 Å². The second-order valence-electron chi connectivity index (χ2n) is 3.86. The van der Waals surface area contributed by atoms with Crippen LogP contribution in [0, 0.1) is 18.2 Å². The molecule has 0 saturated carbocycles. The zero-order valence-corrected chi connectivity index (χ0v) is 11.0. The molecule has 0 aliphatic heterocycles. The maximum atomic E-state index is 13.5. The Hall–Kier alpha value is -1.77. The number of thioether (sulfide) groups is 1. The van der Waals surface area contributed by atoms with E-state index in [1.807, 2.05) is 0 Å². The molecule has 1 aromatic heterocycles. The number of aliphatic hydroxyl groups excluding tert-OH is 1. The normalized spacial score (nSPS) is 10.4. The number of terminal acetylenes is 1. The minimum Gasteiger partial charge on any atom is -0.390 e. The molecule has 0 radical (unpaired) electrons. The average molecular weight is 276 g/mol. The highest BCUT2D eigenvalue weighted by Gasteiger charge is 2.10. The number of nitrogens with zero attached hydrogens (tertiary/aromatic N) is 2. The molecule has 1 N–H and O–H groups in total. The number of aromatic nitrogens is 2. The Balaban J connectivity index is 2.14. The maximum absolute atomic E-state index is 13.5. The highest BCUT2D eigenvalue weighted by Crippen LogP contribution is 2.24. The number of aliphatic hydroxyl groups is 1. The van der Waals surface area contributed by atoms with Crippen LogP contribution in [0.25, 0.3) is 0 Å². The van der Waals surface area contributed by atoms with E-state index in [4.69, 9.17) is 6.42 Å². The molecule has 5 heteroatoms. The van der Waals surface area contributed by atoms with Gasteiger partial charge in [0.25, 0.3) is 0 Å². The summed E-state index contributed by atoms with van der Waals surface area (Å²) in [4.78, 5) is 4.20. The largest absolute Gasteiger partial charge is 0.390 e. The van der Waals surface area contributed by atoms with Crippen LogP contribution in [-0.4, -0.2) is 14.7 Å². The molecule has 1 heterocycles. The predicted octanol–water partition coefficient (Wildman–Crippen LogP) is 2.44. The Morgan fingerprint density at radius 3 is 2.89 bits per heavy atom. The number of rotatable bonds is 5. The molecule has 0 fully saturated rings. The summed E-state index contributed by atoms with van der Waals surface area (Å²) in [5, 5.41) is 9.87. The van der Waals surface area contributed by atoms with E-state index in [1.165, 1.54) is 17.8 Å². The number of halogens is 1. The lowest BCUT2D eigenvalue weighted by atomic mass is 10.2. The Morgan fingerprint density at radius 2 is 2.21 bits per heavy atom. The van der Waals surface area contributed by atoms with Gasteiger partial charge >= 0.3 is 0 Å². The van der Waals surface area contributed by atoms with Crippen molar-refractivity contribution in [2.75, 3.05) is 0 Å². The van der Waals surface area contributed by atoms with Gasteiger partial charge in [0, 0.05) is 5.75 Å². The first-order chi connectivity index (χ1) is 9.26. The van der Waals surface area contributed by atoms with Crippen LogP contribution >= 0.6 is 11.8 Å². The third kappa shape index (κ3) is 3.16. The lowest BCUT2D eigenvalue weighted by Gasteiger charge is -2.07. The Kier molecular flexibility index (Phi) is 4.61. The van der Waals surface area contributed by atoms with Crippen molar-refractivity contribution in [2.24, 2.45) is 0 Å². The molecule has 0 aliphatic rings. The molecule has 2 aromatic rings. The zero-order chi connectivity index (χ0) is 13.7. The SMILES string of the molecule is C#CCn1c(CO)cnc1SCc1ccccc1F. The molecule has 3 nitrogen and oxygen atoms in total. The topological polar surface area (TPSA) is 38.0 Å². The van der Waals surface area contributed by atoms with Crippen LogP contribution in [0.3, 0.4) is 0 Å². The molecule has 19 heavy (non-hydrogen) atoms. The minimum absolute atomic E-state index is 0.116. The Labute approximate surface area is 115 Å². The van der Waals surface area contributed by atoms with Crippen molar-refractivity contribution in [3.05, 3.63) is 47.5 Å². The standard InChI is InChI=1S/C14H13FN2OS/c1-2-7-17-12(9-18)8-16-14(17)19-10-11-5-3-4-6-13(11)15/h1,3-6,8,18H,7,9-10H2. The Morgan fingerprint density at radius 1 is 1.42 bits per heavy atom. The van der Waals surface area contributed by atoms with E-state index >= 15 is 0 Å². The first-order valence-electron chi connectivity index (χ1n) is 5.71. The summed E-state index contributed by atoms with van der Waals surface area (Å²) in [6, 6.07) is 6.63. The highest BCUT2D eigenvalue weighted by molar-refractivity contribution is 7.98. The summed E-state index contributed by atoms with van der Waals surface area (Å²) in [5.41, 5.74) is 1.28. The molecule has 1 aromatic carbocycles. The van der Waals surface area contributed by atoms with E-state index in [9.17, 15) is 9.50 Å². The van der Waals surface area contributed by atoms with E-state index in [-0.39, 0.29) is 12.4 Å². The number of benzene rings is 1. The summed E-state index contributed by atoms with van der Waals surface area (Å²) in [6.07, 6.45) is 6.88. The fourth-order valence-corrected chi connectivity index (χ4v) is 2.64. The molecule has 0 unspecified atom stereocenters. The summed E-state index contributed by atoms with van der Waals surface area (Å²) >= 11 is 1.40. The molecule has 0 spiro atoms. The first-order valence-corrected chi connectivity index (χ1v) is 6.69. The van der Waals surface area contributed by atoms with Crippen LogP contribution in [-0.2, 0) is 18.9 Å². The van der Waals surface area contributed by atoms with Crippen molar-refractivity contribution in [1.82, 2.24) is 9.55 Å². The molecule has 0 saturated heterocycles. The first kappa shape index (κ1) is 13.7. The fraction of sp³-hybridized carbons (Fsp3) is 0.214. The number of imidazole rings is 1. The van der Waals surface area contributed by atoms with Crippen molar-refractivity contribution < 1.29 is 9.50 Å². The van der Waals surface area contributed by atoms with Gasteiger partial charge in [-0.15, -0.1) is 6.42 Å². The predicted molar refractivity (Wildman–Crippen MR) is 72.9 cm³/mol. The van der Waals surface area contributed by atoms with Crippen molar-refractivity contribution >= 4 is 11.8 Å². The van der Waals surface area contributed by atoms with E-state index in [2.05, 4.69) is 10.9 Å². The van der Waals surface area contributed by atoms with Gasteiger partial charge in [0.15, 0.2) is 5.16 Å². The molecule has 0 bridgehead atoms. The lowest BCUT2D eigenvalue weighted by molar-refractivity contribution is 0.270. The van der Waals surface area contributed by atoms with Crippen LogP contribution in [0.2, 0.25) is 0 Å². The van der Waals surface area contributed by atoms with E-state index in [0.29, 0.717) is 28.7 Å². The van der Waals surface area contributed by atoms with Gasteiger partial charge in [-0.05, 0) is 11.6 Å². The lowest BCUT2D eigenvalue weighted by Crippen LogP contribution is -2.03. The second-order valence-corrected chi connectivity index (χ2v) is 4.80. The van der Waals surface area contributed by atoms with Crippen LogP contribution < -0.4 is 0 Å². The summed E-state index contributed by atoms with van der Waals surface area (Å²) < 4.78 is 15.3. The van der Waals surface area contributed by atoms with Gasteiger partial charge in [0.2, 0.25) is 0 Å². The van der Waals surface area contributed by atoms with E-state index < -0.39 is 0 Å². The van der Waals surface area contributed by atoms with Gasteiger partial charge in [-0.3, -0.25) is 0 Å². The van der Waals surface area contributed by atoms with Crippen molar-refractivity contribution in [2.45, 2.75) is 24.1 Å². The van der Waals surface area contributed by atoms with E-state index in [0.717, 1.165) is 0 Å². The molecule has 0 atom stereocenters. The van der Waals surface area contributed by atoms with Gasteiger partial charge in [-0.1, -0.05) is 35.9 Å². The van der Waals surface area contributed by atoms with Gasteiger partial charge in [-0.25, -0.2) is 9.37 Å². The maximum Gasteiger partial charge on any atom is 0.169 e. The van der Waals surface area contributed by atoms with Crippen molar-refractivity contribution in [1.29, 1.82) is 0 Å². The number of hydrogen-bond acceptors (Lipinski definition) is 3. The quantitative estimate of drug-likeness (QED) is 0.673. The zero-order valence-electron chi connectivity index (χ0n) is 10.2. The van der Waals surface area contributed by atoms with Crippen LogP contribution in [0.5, 0.6) is 0 Å². The van der Waals surface area contributed by atoms with Crippen molar-refractivity contribution in [3.63, 3.8) is 0 Å². The fourth-order valence-electron chi connectivity index (χ4n) is 1.65. The average Bonchev–Trinajstić information content (AvgIpc) is 2.81. The highest BCUT2D eigenvalue weighted by atomic mass is 32.2. The Bertz CT molecular complexity index is 604. The van der Waals surface area contributed by atoms with Gasteiger partial charge in [-0.2, -0.15) is 0 Å². The van der Waals surface area contributed by atoms with Crippen LogP contribution in [0.1, 0.15) is 11.3 Å². The van der Waals surface area contributed by atoms with Gasteiger partial charge in [0.1, 0.15) is 5.82 Å². The molecular weight excluding hydrogens is 263 g/mol. The van der Waals surface area contributed by atoms with Gasteiger partial charge in [0.05, 0.1) is 25.0 Å². The van der Waals surface area contributed by atoms with Crippen molar-refractivity contribution in [3.8, 4) is 12.3 Å². The molecular formula is C14H13FN2OS.